The number of anilines is 1. The summed E-state index contributed by atoms with van der Waals surface area (Å²) in [6.07, 6.45) is -3.72. The highest BCUT2D eigenvalue weighted by Crippen LogP contribution is 2.39. The SMILES string of the molecule is Cn1c(=O)n(-c2ccc(N3CCN(C(=O)OC(C)(C)C)CC3)c(C(F)(F)F)c2)c2c3nc(Cl)ccc3ncc21. The highest BCUT2D eigenvalue weighted by Gasteiger charge is 2.37. The number of amides is 1. The fourth-order valence-corrected chi connectivity index (χ4v) is 4.84. The number of piperazine rings is 1. The summed E-state index contributed by atoms with van der Waals surface area (Å²) in [4.78, 5) is 37.3. The second kappa shape index (κ2) is 9.44. The van der Waals surface area contributed by atoms with Gasteiger partial charge in [-0.15, -0.1) is 0 Å². The van der Waals surface area contributed by atoms with Crippen molar-refractivity contribution < 1.29 is 22.7 Å². The molecule has 0 aliphatic carbocycles. The number of carbonyl (C=O) groups excluding carboxylic acids is 1. The topological polar surface area (TPSA) is 85.5 Å². The largest absolute Gasteiger partial charge is 0.444 e. The zero-order valence-corrected chi connectivity index (χ0v) is 22.5. The molecule has 4 heterocycles. The van der Waals surface area contributed by atoms with E-state index in [-0.39, 0.29) is 42.7 Å². The predicted octanol–water partition coefficient (Wildman–Crippen LogP) is 5.00. The number of pyridine rings is 2. The van der Waals surface area contributed by atoms with Crippen molar-refractivity contribution in [1.82, 2.24) is 24.0 Å². The molecule has 0 spiro atoms. The van der Waals surface area contributed by atoms with Crippen molar-refractivity contribution in [3.05, 3.63) is 57.7 Å². The van der Waals surface area contributed by atoms with Gasteiger partial charge in [-0.3, -0.25) is 14.1 Å². The number of carbonyl (C=O) groups is 1. The summed E-state index contributed by atoms with van der Waals surface area (Å²) in [5, 5.41) is 0.163. The number of rotatable bonds is 2. The Balaban J connectivity index is 1.56. The molecule has 0 unspecified atom stereocenters. The lowest BCUT2D eigenvalue weighted by atomic mass is 10.1. The third-order valence-corrected chi connectivity index (χ3v) is 6.72. The van der Waals surface area contributed by atoms with Crippen LogP contribution in [0.2, 0.25) is 5.15 Å². The van der Waals surface area contributed by atoms with Crippen LogP contribution in [-0.2, 0) is 18.0 Å². The van der Waals surface area contributed by atoms with Crippen molar-refractivity contribution in [2.24, 2.45) is 7.05 Å². The number of aromatic nitrogens is 4. The summed E-state index contributed by atoms with van der Waals surface area (Å²) >= 11 is 6.10. The minimum Gasteiger partial charge on any atom is -0.444 e. The molecular formula is C26H26ClF3N6O3. The highest BCUT2D eigenvalue weighted by atomic mass is 35.5. The molecule has 0 bridgehead atoms. The number of alkyl halides is 3. The van der Waals surface area contributed by atoms with Crippen molar-refractivity contribution in [2.45, 2.75) is 32.5 Å². The maximum atomic E-state index is 14.4. The lowest BCUT2D eigenvalue weighted by Gasteiger charge is -2.37. The van der Waals surface area contributed by atoms with Crippen LogP contribution >= 0.6 is 11.6 Å². The number of hydrogen-bond donors (Lipinski definition) is 0. The Kier molecular flexibility index (Phi) is 6.48. The molecule has 0 N–H and O–H groups in total. The van der Waals surface area contributed by atoms with Crippen LogP contribution in [0.1, 0.15) is 26.3 Å². The fourth-order valence-electron chi connectivity index (χ4n) is 4.70. The van der Waals surface area contributed by atoms with Gasteiger partial charge in [-0.1, -0.05) is 11.6 Å². The maximum Gasteiger partial charge on any atom is 0.418 e. The second-order valence-electron chi connectivity index (χ2n) is 10.3. The van der Waals surface area contributed by atoms with Gasteiger partial charge in [0.05, 0.1) is 28.5 Å². The number of hydrogen-bond acceptors (Lipinski definition) is 6. The lowest BCUT2D eigenvalue weighted by Crippen LogP contribution is -2.50. The van der Waals surface area contributed by atoms with E-state index in [1.165, 1.54) is 39.4 Å². The number of imidazole rings is 1. The minimum atomic E-state index is -4.70. The Hall–Kier alpha value is -3.80. The molecule has 39 heavy (non-hydrogen) atoms. The van der Waals surface area contributed by atoms with Gasteiger partial charge in [0.25, 0.3) is 0 Å². The number of benzene rings is 1. The van der Waals surface area contributed by atoms with E-state index in [0.717, 1.165) is 6.07 Å². The smallest absolute Gasteiger partial charge is 0.418 e. The lowest BCUT2D eigenvalue weighted by molar-refractivity contribution is -0.137. The molecule has 3 aromatic heterocycles. The molecule has 0 saturated carbocycles. The summed E-state index contributed by atoms with van der Waals surface area (Å²) in [5.74, 6) is 0. The van der Waals surface area contributed by atoms with Gasteiger partial charge in [0, 0.05) is 38.9 Å². The summed E-state index contributed by atoms with van der Waals surface area (Å²) in [6, 6.07) is 6.98. The summed E-state index contributed by atoms with van der Waals surface area (Å²) in [7, 11) is 1.52. The molecule has 1 fully saturated rings. The molecule has 1 saturated heterocycles. The van der Waals surface area contributed by atoms with E-state index in [0.29, 0.717) is 22.1 Å². The molecule has 1 amide bonds. The molecule has 1 aromatic carbocycles. The van der Waals surface area contributed by atoms with Gasteiger partial charge in [0.2, 0.25) is 0 Å². The summed E-state index contributed by atoms with van der Waals surface area (Å²) in [6.45, 7) is 6.06. The monoisotopic (exact) mass is 562 g/mol. The summed E-state index contributed by atoms with van der Waals surface area (Å²) in [5.41, 5.74) is -0.656. The molecule has 1 aliphatic heterocycles. The highest BCUT2D eigenvalue weighted by molar-refractivity contribution is 6.30. The van der Waals surface area contributed by atoms with Crippen LogP contribution < -0.4 is 10.6 Å². The van der Waals surface area contributed by atoms with Gasteiger partial charge in [-0.25, -0.2) is 14.6 Å². The Labute approximate surface area is 226 Å². The Morgan fingerprint density at radius 2 is 1.74 bits per heavy atom. The van der Waals surface area contributed by atoms with E-state index in [2.05, 4.69) is 9.97 Å². The molecule has 9 nitrogen and oxygen atoms in total. The molecule has 5 rings (SSSR count). The van der Waals surface area contributed by atoms with E-state index in [1.54, 1.807) is 37.8 Å². The number of nitrogens with zero attached hydrogens (tertiary/aromatic N) is 6. The van der Waals surface area contributed by atoms with Crippen LogP contribution in [0.15, 0.2) is 41.3 Å². The third-order valence-electron chi connectivity index (χ3n) is 6.51. The molecule has 13 heteroatoms. The van der Waals surface area contributed by atoms with Crippen molar-refractivity contribution in [1.29, 1.82) is 0 Å². The van der Waals surface area contributed by atoms with E-state index in [9.17, 15) is 22.8 Å². The zero-order valence-electron chi connectivity index (χ0n) is 21.7. The van der Waals surface area contributed by atoms with E-state index < -0.39 is 29.1 Å². The van der Waals surface area contributed by atoms with Crippen LogP contribution in [0.4, 0.5) is 23.7 Å². The van der Waals surface area contributed by atoms with Crippen LogP contribution in [0.3, 0.4) is 0 Å². The fraction of sp³-hybridized carbons (Fsp3) is 0.385. The first-order valence-electron chi connectivity index (χ1n) is 12.2. The van der Waals surface area contributed by atoms with Gasteiger partial charge >= 0.3 is 18.0 Å². The predicted molar refractivity (Wildman–Crippen MR) is 142 cm³/mol. The van der Waals surface area contributed by atoms with Crippen molar-refractivity contribution in [2.75, 3.05) is 31.1 Å². The minimum absolute atomic E-state index is 0.0309. The molecular weight excluding hydrogens is 537 g/mol. The maximum absolute atomic E-state index is 14.4. The van der Waals surface area contributed by atoms with Gasteiger partial charge in [-0.05, 0) is 51.1 Å². The van der Waals surface area contributed by atoms with Crippen molar-refractivity contribution in [3.8, 4) is 5.69 Å². The first kappa shape index (κ1) is 26.8. The number of fused-ring (bicyclic) bond motifs is 3. The number of aryl methyl sites for hydroxylation is 1. The van der Waals surface area contributed by atoms with Gasteiger partial charge in [-0.2, -0.15) is 13.2 Å². The summed E-state index contributed by atoms with van der Waals surface area (Å²) < 4.78 is 51.0. The van der Waals surface area contributed by atoms with Crippen LogP contribution in [0.5, 0.6) is 0 Å². The van der Waals surface area contributed by atoms with Crippen molar-refractivity contribution >= 4 is 45.4 Å². The average Bonchev–Trinajstić information content (AvgIpc) is 3.12. The third kappa shape index (κ3) is 5.00. The molecule has 206 valence electrons. The average molecular weight is 563 g/mol. The number of halogens is 4. The Bertz CT molecular complexity index is 1650. The first-order chi connectivity index (χ1) is 18.2. The molecule has 4 aromatic rings. The first-order valence-corrected chi connectivity index (χ1v) is 12.6. The Morgan fingerprint density at radius 1 is 1.05 bits per heavy atom. The normalized spacial score (nSPS) is 14.9. The second-order valence-corrected chi connectivity index (χ2v) is 10.7. The molecule has 0 radical (unpaired) electrons. The van der Waals surface area contributed by atoms with E-state index in [1.807, 2.05) is 0 Å². The van der Waals surface area contributed by atoms with Crippen LogP contribution in [0.25, 0.3) is 27.8 Å². The zero-order chi connectivity index (χ0) is 28.3. The Morgan fingerprint density at radius 3 is 2.38 bits per heavy atom. The number of ether oxygens (including phenoxy) is 1. The van der Waals surface area contributed by atoms with Crippen LogP contribution in [0, 0.1) is 0 Å². The van der Waals surface area contributed by atoms with Gasteiger partial charge < -0.3 is 14.5 Å². The quantitative estimate of drug-likeness (QED) is 0.320. The van der Waals surface area contributed by atoms with E-state index in [4.69, 9.17) is 16.3 Å². The molecule has 0 atom stereocenters. The molecule has 1 aliphatic rings. The van der Waals surface area contributed by atoms with Gasteiger partial charge in [0.1, 0.15) is 21.8 Å². The standard InChI is InChI=1S/C26H26ClF3N6O3/c1-25(2,3)39-24(38)35-11-9-34(10-12-35)18-7-5-15(13-16(18)26(28,29)30)36-22-19(33(4)23(36)37)14-31-17-6-8-20(27)32-21(17)22/h5-8,13-14H,9-12H2,1-4H3. The van der Waals surface area contributed by atoms with E-state index >= 15 is 0 Å². The van der Waals surface area contributed by atoms with Gasteiger partial charge in [0.15, 0.2) is 0 Å². The van der Waals surface area contributed by atoms with Crippen LogP contribution in [-0.4, -0.2) is 61.9 Å². The van der Waals surface area contributed by atoms with Crippen molar-refractivity contribution in [3.63, 3.8) is 0 Å².